The quantitative estimate of drug-likeness (QED) is 0.827. The number of hydrogen-bond acceptors (Lipinski definition) is 3. The van der Waals surface area contributed by atoms with Crippen molar-refractivity contribution in [2.45, 2.75) is 26.7 Å². The summed E-state index contributed by atoms with van der Waals surface area (Å²) < 4.78 is 4.98. The lowest BCUT2D eigenvalue weighted by molar-refractivity contribution is -0.144. The van der Waals surface area contributed by atoms with Gasteiger partial charge in [-0.2, -0.15) is 0 Å². The lowest BCUT2D eigenvalue weighted by Gasteiger charge is -2.06. The molecule has 1 heterocycles. The minimum Gasteiger partial charge on any atom is -0.465 e. The molecule has 0 bridgehead atoms. The van der Waals surface area contributed by atoms with Gasteiger partial charge in [0, 0.05) is 0 Å². The Balaban J connectivity index is 2.33. The van der Waals surface area contributed by atoms with Gasteiger partial charge in [-0.3, -0.25) is 4.79 Å². The van der Waals surface area contributed by atoms with Gasteiger partial charge in [0.25, 0.3) is 0 Å². The number of H-pyrrole nitrogens is 1. The Kier molecular flexibility index (Phi) is 3.13. The predicted octanol–water partition coefficient (Wildman–Crippen LogP) is 2.54. The van der Waals surface area contributed by atoms with Crippen LogP contribution in [0.5, 0.6) is 0 Å². The van der Waals surface area contributed by atoms with E-state index in [-0.39, 0.29) is 11.9 Å². The minimum atomic E-state index is -0.359. The molecule has 0 spiro atoms. The molecule has 4 nitrogen and oxygen atoms in total. The molecule has 1 aromatic carbocycles. The maximum atomic E-state index is 11.6. The molecule has 4 heteroatoms. The van der Waals surface area contributed by atoms with Crippen LogP contribution in [0.15, 0.2) is 18.2 Å². The zero-order valence-electron chi connectivity index (χ0n) is 10.3. The Morgan fingerprint density at radius 1 is 1.53 bits per heavy atom. The number of aryl methyl sites for hydroxylation is 1. The highest BCUT2D eigenvalue weighted by Gasteiger charge is 2.19. The molecule has 1 N–H and O–H groups in total. The molecule has 0 radical (unpaired) electrons. The summed E-state index contributed by atoms with van der Waals surface area (Å²) in [4.78, 5) is 19.2. The fourth-order valence-corrected chi connectivity index (χ4v) is 1.73. The number of aromatic nitrogens is 2. The molecule has 1 atom stereocenters. The largest absolute Gasteiger partial charge is 0.465 e. The summed E-state index contributed by atoms with van der Waals surface area (Å²) in [5.41, 5.74) is 2.99. The molecule has 2 rings (SSSR count). The molecule has 0 aliphatic rings. The first-order valence-electron chi connectivity index (χ1n) is 5.74. The van der Waals surface area contributed by atoms with Crippen LogP contribution < -0.4 is 0 Å². The van der Waals surface area contributed by atoms with Gasteiger partial charge in [0.15, 0.2) is 0 Å². The summed E-state index contributed by atoms with van der Waals surface area (Å²) in [6, 6.07) is 5.97. The van der Waals surface area contributed by atoms with Gasteiger partial charge in [0.05, 0.1) is 17.6 Å². The van der Waals surface area contributed by atoms with Gasteiger partial charge in [-0.1, -0.05) is 6.07 Å². The van der Waals surface area contributed by atoms with Gasteiger partial charge in [0.2, 0.25) is 0 Å². The lowest BCUT2D eigenvalue weighted by Crippen LogP contribution is -2.14. The van der Waals surface area contributed by atoms with E-state index in [9.17, 15) is 4.79 Å². The van der Waals surface area contributed by atoms with E-state index in [4.69, 9.17) is 4.74 Å². The van der Waals surface area contributed by atoms with Crippen LogP contribution in [-0.4, -0.2) is 22.5 Å². The van der Waals surface area contributed by atoms with Crippen molar-refractivity contribution in [2.75, 3.05) is 6.61 Å². The van der Waals surface area contributed by atoms with Crippen LogP contribution in [0.1, 0.15) is 31.2 Å². The molecule has 0 fully saturated rings. The highest BCUT2D eigenvalue weighted by molar-refractivity contribution is 5.80. The summed E-state index contributed by atoms with van der Waals surface area (Å²) in [5.74, 6) is 0.0509. The highest BCUT2D eigenvalue weighted by Crippen LogP contribution is 2.19. The van der Waals surface area contributed by atoms with Crippen molar-refractivity contribution in [2.24, 2.45) is 0 Å². The first kappa shape index (κ1) is 11.6. The molecule has 2 aromatic rings. The van der Waals surface area contributed by atoms with Crippen LogP contribution in [0.25, 0.3) is 11.0 Å². The molecule has 0 amide bonds. The van der Waals surface area contributed by atoms with Gasteiger partial charge in [-0.25, -0.2) is 4.98 Å². The third-order valence-corrected chi connectivity index (χ3v) is 2.71. The zero-order valence-corrected chi connectivity index (χ0v) is 10.3. The van der Waals surface area contributed by atoms with Crippen LogP contribution in [0.4, 0.5) is 0 Å². The second kappa shape index (κ2) is 4.57. The molecular weight excluding hydrogens is 216 g/mol. The van der Waals surface area contributed by atoms with Crippen LogP contribution in [0.3, 0.4) is 0 Å². The van der Waals surface area contributed by atoms with E-state index < -0.39 is 0 Å². The third-order valence-electron chi connectivity index (χ3n) is 2.71. The first-order valence-corrected chi connectivity index (χ1v) is 5.74. The number of ether oxygens (including phenoxy) is 1. The lowest BCUT2D eigenvalue weighted by atomic mass is 10.2. The number of esters is 1. The van der Waals surface area contributed by atoms with Gasteiger partial charge in [0.1, 0.15) is 11.7 Å². The molecule has 90 valence electrons. The van der Waals surface area contributed by atoms with Crippen molar-refractivity contribution < 1.29 is 9.53 Å². The number of rotatable bonds is 3. The van der Waals surface area contributed by atoms with Crippen molar-refractivity contribution in [3.63, 3.8) is 0 Å². The van der Waals surface area contributed by atoms with E-state index in [1.54, 1.807) is 13.8 Å². The van der Waals surface area contributed by atoms with Gasteiger partial charge < -0.3 is 9.72 Å². The summed E-state index contributed by atoms with van der Waals surface area (Å²) in [5, 5.41) is 0. The van der Waals surface area contributed by atoms with Crippen molar-refractivity contribution >= 4 is 17.0 Å². The van der Waals surface area contributed by atoms with E-state index in [0.29, 0.717) is 12.4 Å². The Bertz CT molecular complexity index is 545. The number of aromatic amines is 1. The van der Waals surface area contributed by atoms with E-state index in [1.807, 2.05) is 25.1 Å². The minimum absolute atomic E-state index is 0.247. The molecule has 0 saturated carbocycles. The standard InChI is InChI=1S/C13H16N2O2/c1-4-17-13(16)9(3)12-14-10-6-5-8(2)7-11(10)15-12/h5-7,9H,4H2,1-3H3,(H,14,15). The second-order valence-electron chi connectivity index (χ2n) is 4.12. The molecule has 1 unspecified atom stereocenters. The van der Waals surface area contributed by atoms with Crippen LogP contribution >= 0.6 is 0 Å². The Morgan fingerprint density at radius 2 is 2.29 bits per heavy atom. The average Bonchev–Trinajstić information content (AvgIpc) is 2.71. The maximum absolute atomic E-state index is 11.6. The number of carbonyl (C=O) groups excluding carboxylic acids is 1. The summed E-state index contributed by atoms with van der Waals surface area (Å²) in [6.45, 7) is 6.01. The Morgan fingerprint density at radius 3 is 3.00 bits per heavy atom. The number of carbonyl (C=O) groups is 1. The number of benzene rings is 1. The summed E-state index contributed by atoms with van der Waals surface area (Å²) in [7, 11) is 0. The molecular formula is C13H16N2O2. The first-order chi connectivity index (χ1) is 8.11. The maximum Gasteiger partial charge on any atom is 0.316 e. The van der Waals surface area contributed by atoms with Gasteiger partial charge in [-0.15, -0.1) is 0 Å². The van der Waals surface area contributed by atoms with Crippen molar-refractivity contribution in [3.8, 4) is 0 Å². The Labute approximate surface area is 100 Å². The van der Waals surface area contributed by atoms with Crippen LogP contribution in [-0.2, 0) is 9.53 Å². The van der Waals surface area contributed by atoms with Gasteiger partial charge >= 0.3 is 5.97 Å². The van der Waals surface area contributed by atoms with E-state index >= 15 is 0 Å². The van der Waals surface area contributed by atoms with Crippen molar-refractivity contribution in [3.05, 3.63) is 29.6 Å². The SMILES string of the molecule is CCOC(=O)C(C)c1nc2ccc(C)cc2[nH]1. The second-order valence-corrected chi connectivity index (χ2v) is 4.12. The number of nitrogens with zero attached hydrogens (tertiary/aromatic N) is 1. The number of fused-ring (bicyclic) bond motifs is 1. The van der Waals surface area contributed by atoms with Crippen molar-refractivity contribution in [1.29, 1.82) is 0 Å². The number of nitrogens with one attached hydrogen (secondary N) is 1. The normalized spacial score (nSPS) is 12.6. The van der Waals surface area contributed by atoms with E-state index in [1.165, 1.54) is 0 Å². The molecule has 0 aliphatic heterocycles. The smallest absolute Gasteiger partial charge is 0.316 e. The topological polar surface area (TPSA) is 55.0 Å². The van der Waals surface area contributed by atoms with E-state index in [0.717, 1.165) is 16.6 Å². The molecule has 0 aliphatic carbocycles. The molecule has 0 saturated heterocycles. The number of hydrogen-bond donors (Lipinski definition) is 1. The summed E-state index contributed by atoms with van der Waals surface area (Å²) >= 11 is 0. The van der Waals surface area contributed by atoms with Crippen molar-refractivity contribution in [1.82, 2.24) is 9.97 Å². The highest BCUT2D eigenvalue weighted by atomic mass is 16.5. The van der Waals surface area contributed by atoms with Crippen LogP contribution in [0.2, 0.25) is 0 Å². The summed E-state index contributed by atoms with van der Waals surface area (Å²) in [6.07, 6.45) is 0. The van der Waals surface area contributed by atoms with Crippen LogP contribution in [0, 0.1) is 6.92 Å². The third kappa shape index (κ3) is 2.30. The Hall–Kier alpha value is -1.84. The fraction of sp³-hybridized carbons (Fsp3) is 0.385. The molecule has 17 heavy (non-hydrogen) atoms. The molecule has 1 aromatic heterocycles. The monoisotopic (exact) mass is 232 g/mol. The van der Waals surface area contributed by atoms with Gasteiger partial charge in [-0.05, 0) is 38.5 Å². The number of imidazole rings is 1. The predicted molar refractivity (Wildman–Crippen MR) is 65.9 cm³/mol. The average molecular weight is 232 g/mol. The van der Waals surface area contributed by atoms with E-state index in [2.05, 4.69) is 9.97 Å². The fourth-order valence-electron chi connectivity index (χ4n) is 1.73. The zero-order chi connectivity index (χ0) is 12.4.